The summed E-state index contributed by atoms with van der Waals surface area (Å²) < 4.78 is 27.8. The first-order chi connectivity index (χ1) is 7.32. The fourth-order valence-electron chi connectivity index (χ4n) is 1.50. The molecule has 0 aliphatic rings. The first-order valence-corrected chi connectivity index (χ1v) is 6.99. The van der Waals surface area contributed by atoms with Crippen LogP contribution in [0.4, 0.5) is 0 Å². The molecule has 0 bridgehead atoms. The molecule has 92 valence electrons. The second-order valence-electron chi connectivity index (χ2n) is 4.38. The van der Waals surface area contributed by atoms with Crippen molar-refractivity contribution in [1.29, 1.82) is 0 Å². The molecule has 1 N–H and O–H groups in total. The van der Waals surface area contributed by atoms with Gasteiger partial charge in [-0.1, -0.05) is 0 Å². The lowest BCUT2D eigenvalue weighted by atomic mass is 10.4. The van der Waals surface area contributed by atoms with E-state index >= 15 is 0 Å². The molecule has 0 fully saturated rings. The normalized spacial score (nSPS) is 12.6. The third-order valence-electron chi connectivity index (χ3n) is 2.04. The van der Waals surface area contributed by atoms with Gasteiger partial charge >= 0.3 is 0 Å². The van der Waals surface area contributed by atoms with E-state index in [2.05, 4.69) is 9.71 Å². The van der Waals surface area contributed by atoms with Gasteiger partial charge in [0.1, 0.15) is 11.6 Å². The number of nitrogens with one attached hydrogen (secondary N) is 1. The Morgan fingerprint density at radius 3 is 2.50 bits per heavy atom. The molecule has 0 aliphatic heterocycles. The molecule has 6 heteroatoms. The van der Waals surface area contributed by atoms with Crippen molar-refractivity contribution in [3.05, 3.63) is 18.2 Å². The van der Waals surface area contributed by atoms with Crippen LogP contribution in [0.5, 0.6) is 0 Å². The lowest BCUT2D eigenvalue weighted by Crippen LogP contribution is -2.32. The molecule has 1 heterocycles. The summed E-state index contributed by atoms with van der Waals surface area (Å²) >= 11 is 0. The van der Waals surface area contributed by atoms with Crippen LogP contribution in [0.25, 0.3) is 0 Å². The fourth-order valence-corrected chi connectivity index (χ4v) is 2.86. The molecule has 1 aromatic heterocycles. The van der Waals surface area contributed by atoms with Gasteiger partial charge in [0.05, 0.1) is 0 Å². The zero-order valence-corrected chi connectivity index (χ0v) is 11.0. The Bertz CT molecular complexity index is 435. The van der Waals surface area contributed by atoms with E-state index in [0.29, 0.717) is 5.82 Å². The van der Waals surface area contributed by atoms with Crippen molar-refractivity contribution < 1.29 is 8.42 Å². The maximum atomic E-state index is 11.7. The lowest BCUT2D eigenvalue weighted by Gasteiger charge is -2.13. The standard InChI is InChI=1S/C10H19N3O2S/c1-8(2)12-16(14,15)7-10-11-5-6-13(10)9(3)4/h5-6,8-9,12H,7H2,1-4H3. The van der Waals surface area contributed by atoms with Crippen LogP contribution in [-0.2, 0) is 15.8 Å². The largest absolute Gasteiger partial charge is 0.332 e. The maximum Gasteiger partial charge on any atom is 0.219 e. The highest BCUT2D eigenvalue weighted by molar-refractivity contribution is 7.88. The Balaban J connectivity index is 2.84. The Labute approximate surface area is 96.9 Å². The van der Waals surface area contributed by atoms with Crippen molar-refractivity contribution in [1.82, 2.24) is 14.3 Å². The van der Waals surface area contributed by atoms with E-state index in [1.807, 2.05) is 18.4 Å². The monoisotopic (exact) mass is 245 g/mol. The smallest absolute Gasteiger partial charge is 0.219 e. The van der Waals surface area contributed by atoms with Crippen LogP contribution in [0.1, 0.15) is 39.6 Å². The molecule has 0 radical (unpaired) electrons. The highest BCUT2D eigenvalue weighted by Gasteiger charge is 2.17. The number of imidazole rings is 1. The lowest BCUT2D eigenvalue weighted by molar-refractivity contribution is 0.552. The predicted octanol–water partition coefficient (Wildman–Crippen LogP) is 1.29. The molecule has 5 nitrogen and oxygen atoms in total. The molecule has 0 spiro atoms. The van der Waals surface area contributed by atoms with Crippen molar-refractivity contribution >= 4 is 10.0 Å². The van der Waals surface area contributed by atoms with Crippen LogP contribution in [-0.4, -0.2) is 24.0 Å². The van der Waals surface area contributed by atoms with Gasteiger partial charge in [-0.25, -0.2) is 18.1 Å². The minimum Gasteiger partial charge on any atom is -0.332 e. The highest BCUT2D eigenvalue weighted by atomic mass is 32.2. The number of hydrogen-bond acceptors (Lipinski definition) is 3. The number of nitrogens with zero attached hydrogens (tertiary/aromatic N) is 2. The number of aromatic nitrogens is 2. The molecule has 0 aliphatic carbocycles. The zero-order chi connectivity index (χ0) is 12.3. The summed E-state index contributed by atoms with van der Waals surface area (Å²) in [5, 5.41) is 0. The average Bonchev–Trinajstić information content (AvgIpc) is 2.48. The average molecular weight is 245 g/mol. The summed E-state index contributed by atoms with van der Waals surface area (Å²) in [5.74, 6) is 0.499. The summed E-state index contributed by atoms with van der Waals surface area (Å²) in [5.41, 5.74) is 0. The Hall–Kier alpha value is -0.880. The Morgan fingerprint density at radius 1 is 1.38 bits per heavy atom. The predicted molar refractivity (Wildman–Crippen MR) is 63.5 cm³/mol. The van der Waals surface area contributed by atoms with Gasteiger partial charge in [0.15, 0.2) is 0 Å². The van der Waals surface area contributed by atoms with Gasteiger partial charge < -0.3 is 4.57 Å². The van der Waals surface area contributed by atoms with Crippen LogP contribution in [0.2, 0.25) is 0 Å². The van der Waals surface area contributed by atoms with Crippen LogP contribution < -0.4 is 4.72 Å². The van der Waals surface area contributed by atoms with Crippen molar-refractivity contribution in [3.63, 3.8) is 0 Å². The van der Waals surface area contributed by atoms with Gasteiger partial charge in [0.25, 0.3) is 0 Å². The molecule has 0 unspecified atom stereocenters. The van der Waals surface area contributed by atoms with E-state index in [0.717, 1.165) is 0 Å². The molecule has 0 aromatic carbocycles. The summed E-state index contributed by atoms with van der Waals surface area (Å²) in [7, 11) is -3.29. The summed E-state index contributed by atoms with van der Waals surface area (Å²) in [6, 6.07) is 0.124. The van der Waals surface area contributed by atoms with Crippen LogP contribution in [0.3, 0.4) is 0 Å². The van der Waals surface area contributed by atoms with E-state index < -0.39 is 10.0 Å². The summed E-state index contributed by atoms with van der Waals surface area (Å²) in [4.78, 5) is 4.07. The van der Waals surface area contributed by atoms with Crippen LogP contribution in [0, 0.1) is 0 Å². The maximum absolute atomic E-state index is 11.7. The fraction of sp³-hybridized carbons (Fsp3) is 0.700. The molecule has 1 aromatic rings. The Morgan fingerprint density at radius 2 is 2.00 bits per heavy atom. The van der Waals surface area contributed by atoms with E-state index in [4.69, 9.17) is 0 Å². The first kappa shape index (κ1) is 13.2. The van der Waals surface area contributed by atoms with Crippen molar-refractivity contribution in [3.8, 4) is 0 Å². The zero-order valence-electron chi connectivity index (χ0n) is 10.1. The van der Waals surface area contributed by atoms with Gasteiger partial charge in [0, 0.05) is 24.5 Å². The number of hydrogen-bond donors (Lipinski definition) is 1. The quantitative estimate of drug-likeness (QED) is 0.850. The molecule has 0 saturated carbocycles. The van der Waals surface area contributed by atoms with Crippen molar-refractivity contribution in [2.45, 2.75) is 45.5 Å². The highest BCUT2D eigenvalue weighted by Crippen LogP contribution is 2.10. The van der Waals surface area contributed by atoms with Crippen molar-refractivity contribution in [2.24, 2.45) is 0 Å². The van der Waals surface area contributed by atoms with Gasteiger partial charge in [-0.15, -0.1) is 0 Å². The summed E-state index contributed by atoms with van der Waals surface area (Å²) in [6.45, 7) is 7.58. The second-order valence-corrected chi connectivity index (χ2v) is 6.13. The molecule has 16 heavy (non-hydrogen) atoms. The first-order valence-electron chi connectivity index (χ1n) is 5.33. The van der Waals surface area contributed by atoms with Gasteiger partial charge in [-0.3, -0.25) is 0 Å². The van der Waals surface area contributed by atoms with Gasteiger partial charge in [0.2, 0.25) is 10.0 Å². The van der Waals surface area contributed by atoms with Gasteiger partial charge in [-0.05, 0) is 27.7 Å². The molecule has 1 rings (SSSR count). The number of rotatable bonds is 5. The minimum atomic E-state index is -3.29. The van der Waals surface area contributed by atoms with E-state index in [-0.39, 0.29) is 17.8 Å². The van der Waals surface area contributed by atoms with Crippen LogP contribution >= 0.6 is 0 Å². The Kier molecular flexibility index (Phi) is 4.09. The van der Waals surface area contributed by atoms with Crippen LogP contribution in [0.15, 0.2) is 12.4 Å². The van der Waals surface area contributed by atoms with Crippen molar-refractivity contribution in [2.75, 3.05) is 0 Å². The number of sulfonamides is 1. The SMILES string of the molecule is CC(C)NS(=O)(=O)Cc1nccn1C(C)C. The van der Waals surface area contributed by atoms with E-state index in [1.165, 1.54) is 0 Å². The van der Waals surface area contributed by atoms with Gasteiger partial charge in [-0.2, -0.15) is 0 Å². The summed E-state index contributed by atoms with van der Waals surface area (Å²) in [6.07, 6.45) is 3.42. The third-order valence-corrected chi connectivity index (χ3v) is 3.51. The minimum absolute atomic E-state index is 0.0731. The topological polar surface area (TPSA) is 64.0 Å². The second kappa shape index (κ2) is 4.97. The molecular formula is C10H19N3O2S. The van der Waals surface area contributed by atoms with E-state index in [1.54, 1.807) is 26.2 Å². The third kappa shape index (κ3) is 3.61. The van der Waals surface area contributed by atoms with E-state index in [9.17, 15) is 8.42 Å². The molecule has 0 amide bonds. The molecular weight excluding hydrogens is 226 g/mol. The molecule has 0 atom stereocenters. The molecule has 0 saturated heterocycles.